The summed E-state index contributed by atoms with van der Waals surface area (Å²) in [7, 11) is 0. The van der Waals surface area contributed by atoms with Gasteiger partial charge in [0.05, 0.1) is 0 Å². The largest absolute Gasteiger partial charge is 0.332 e. The Morgan fingerprint density at radius 1 is 1.12 bits per heavy atom. The molecule has 6 heteroatoms. The van der Waals surface area contributed by atoms with Gasteiger partial charge in [-0.2, -0.15) is 0 Å². The first-order chi connectivity index (χ1) is 11.5. The second kappa shape index (κ2) is 7.20. The van der Waals surface area contributed by atoms with E-state index in [0.717, 1.165) is 35.6 Å². The molecule has 2 N–H and O–H groups in total. The van der Waals surface area contributed by atoms with Crippen LogP contribution in [0.4, 0.5) is 17.1 Å². The lowest BCUT2D eigenvalue weighted by Gasteiger charge is -2.20. The Labute approximate surface area is 151 Å². The molecule has 0 aromatic heterocycles. The molecule has 1 fully saturated rings. The Hall–Kier alpha value is -2.11. The number of hydrogen-bond donors (Lipinski definition) is 2. The number of thiocarbonyl (C=S) groups is 1. The first-order valence-electron chi connectivity index (χ1n) is 7.77. The maximum absolute atomic E-state index is 12.0. The molecule has 0 saturated carbocycles. The summed E-state index contributed by atoms with van der Waals surface area (Å²) in [6.07, 6.45) is 1.53. The molecule has 0 aliphatic carbocycles. The summed E-state index contributed by atoms with van der Waals surface area (Å²) in [5.74, 6) is 0.178. The Bertz CT molecular complexity index is 776. The minimum absolute atomic E-state index is 0.178. The lowest BCUT2D eigenvalue weighted by molar-refractivity contribution is -0.117. The van der Waals surface area contributed by atoms with Crippen LogP contribution >= 0.6 is 23.8 Å². The van der Waals surface area contributed by atoms with Crippen LogP contribution < -0.4 is 15.5 Å². The van der Waals surface area contributed by atoms with Gasteiger partial charge in [0, 0.05) is 35.1 Å². The van der Waals surface area contributed by atoms with E-state index in [9.17, 15) is 4.79 Å². The molecule has 0 spiro atoms. The molecule has 0 radical (unpaired) electrons. The van der Waals surface area contributed by atoms with Gasteiger partial charge in [0.2, 0.25) is 5.91 Å². The van der Waals surface area contributed by atoms with Crippen LogP contribution in [-0.4, -0.2) is 17.6 Å². The molecule has 1 heterocycles. The fraction of sp³-hybridized carbons (Fsp3) is 0.222. The standard InChI is InChI=1S/C18H18ClN3OS/c1-12-4-7-15(11-16(12)22-10-2-3-17(22)23)21-18(24)20-14-8-5-13(19)6-9-14/h4-9,11H,2-3,10H2,1H3,(H2,20,21,24). The van der Waals surface area contributed by atoms with E-state index in [4.69, 9.17) is 23.8 Å². The molecule has 1 saturated heterocycles. The summed E-state index contributed by atoms with van der Waals surface area (Å²) in [6.45, 7) is 2.78. The molecule has 1 aliphatic rings. The summed E-state index contributed by atoms with van der Waals surface area (Å²) < 4.78 is 0. The Morgan fingerprint density at radius 2 is 1.79 bits per heavy atom. The van der Waals surface area contributed by atoms with E-state index in [0.29, 0.717) is 16.6 Å². The van der Waals surface area contributed by atoms with E-state index in [2.05, 4.69) is 10.6 Å². The van der Waals surface area contributed by atoms with E-state index >= 15 is 0 Å². The van der Waals surface area contributed by atoms with Crippen LogP contribution in [0.5, 0.6) is 0 Å². The fourth-order valence-corrected chi connectivity index (χ4v) is 3.07. The zero-order valence-electron chi connectivity index (χ0n) is 13.3. The van der Waals surface area contributed by atoms with Crippen LogP contribution in [0, 0.1) is 6.92 Å². The van der Waals surface area contributed by atoms with Crippen LogP contribution in [0.25, 0.3) is 0 Å². The normalized spacial score (nSPS) is 13.9. The van der Waals surface area contributed by atoms with Crippen molar-refractivity contribution in [1.29, 1.82) is 0 Å². The molecule has 0 atom stereocenters. The first-order valence-corrected chi connectivity index (χ1v) is 8.56. The average molecular weight is 360 g/mol. The zero-order chi connectivity index (χ0) is 17.1. The second-order valence-corrected chi connectivity index (χ2v) is 6.58. The second-order valence-electron chi connectivity index (χ2n) is 5.74. The predicted octanol–water partition coefficient (Wildman–Crippen LogP) is 4.58. The minimum Gasteiger partial charge on any atom is -0.332 e. The van der Waals surface area contributed by atoms with E-state index in [1.165, 1.54) is 0 Å². The molecule has 0 bridgehead atoms. The molecule has 2 aromatic rings. The number of carbonyl (C=O) groups excluding carboxylic acids is 1. The van der Waals surface area contributed by atoms with Gasteiger partial charge in [-0.15, -0.1) is 0 Å². The highest BCUT2D eigenvalue weighted by molar-refractivity contribution is 7.80. The molecule has 1 aliphatic heterocycles. The van der Waals surface area contributed by atoms with E-state index in [-0.39, 0.29) is 5.91 Å². The van der Waals surface area contributed by atoms with Gasteiger partial charge in [0.1, 0.15) is 0 Å². The molecular formula is C18H18ClN3OS. The number of nitrogens with zero attached hydrogens (tertiary/aromatic N) is 1. The van der Waals surface area contributed by atoms with Gasteiger partial charge in [-0.3, -0.25) is 4.79 Å². The molecular weight excluding hydrogens is 342 g/mol. The maximum atomic E-state index is 12.0. The topological polar surface area (TPSA) is 44.4 Å². The van der Waals surface area contributed by atoms with E-state index in [1.54, 1.807) is 12.1 Å². The highest BCUT2D eigenvalue weighted by atomic mass is 35.5. The zero-order valence-corrected chi connectivity index (χ0v) is 14.9. The smallest absolute Gasteiger partial charge is 0.227 e. The molecule has 0 unspecified atom stereocenters. The summed E-state index contributed by atoms with van der Waals surface area (Å²) in [5, 5.41) is 7.44. The lowest BCUT2D eigenvalue weighted by atomic mass is 10.1. The van der Waals surface area contributed by atoms with Crippen molar-refractivity contribution in [2.75, 3.05) is 22.1 Å². The molecule has 4 nitrogen and oxygen atoms in total. The fourth-order valence-electron chi connectivity index (χ4n) is 2.71. The quantitative estimate of drug-likeness (QED) is 0.787. The molecule has 124 valence electrons. The number of anilines is 3. The van der Waals surface area contributed by atoms with Crippen LogP contribution in [0.2, 0.25) is 5.02 Å². The van der Waals surface area contributed by atoms with E-state index < -0.39 is 0 Å². The van der Waals surface area contributed by atoms with Crippen molar-refractivity contribution in [3.63, 3.8) is 0 Å². The number of nitrogens with one attached hydrogen (secondary N) is 2. The number of hydrogen-bond acceptors (Lipinski definition) is 2. The SMILES string of the molecule is Cc1ccc(NC(=S)Nc2ccc(Cl)cc2)cc1N1CCCC1=O. The third kappa shape index (κ3) is 3.86. The van der Waals surface area contributed by atoms with Crippen LogP contribution in [0.15, 0.2) is 42.5 Å². The van der Waals surface area contributed by atoms with Gasteiger partial charge in [0.15, 0.2) is 5.11 Å². The van der Waals surface area contributed by atoms with Gasteiger partial charge in [-0.25, -0.2) is 0 Å². The minimum atomic E-state index is 0.178. The van der Waals surface area contributed by atoms with Gasteiger partial charge < -0.3 is 15.5 Å². The summed E-state index contributed by atoms with van der Waals surface area (Å²) >= 11 is 11.2. The van der Waals surface area contributed by atoms with Crippen molar-refractivity contribution in [2.24, 2.45) is 0 Å². The average Bonchev–Trinajstić information content (AvgIpc) is 2.97. The van der Waals surface area contributed by atoms with Crippen LogP contribution in [0.1, 0.15) is 18.4 Å². The van der Waals surface area contributed by atoms with Gasteiger partial charge in [-0.1, -0.05) is 17.7 Å². The number of benzene rings is 2. The molecule has 1 amide bonds. The lowest BCUT2D eigenvalue weighted by Crippen LogP contribution is -2.25. The third-order valence-corrected chi connectivity index (χ3v) is 4.39. The number of amides is 1. The highest BCUT2D eigenvalue weighted by Crippen LogP contribution is 2.28. The first kappa shape index (κ1) is 16.7. The van der Waals surface area contributed by atoms with Crippen molar-refractivity contribution in [3.05, 3.63) is 53.1 Å². The summed E-state index contributed by atoms with van der Waals surface area (Å²) in [6, 6.07) is 13.2. The third-order valence-electron chi connectivity index (χ3n) is 3.93. The molecule has 24 heavy (non-hydrogen) atoms. The summed E-state index contributed by atoms with van der Waals surface area (Å²) in [4.78, 5) is 13.8. The number of carbonyl (C=O) groups is 1. The Balaban J connectivity index is 1.71. The van der Waals surface area contributed by atoms with Gasteiger partial charge in [0.25, 0.3) is 0 Å². The summed E-state index contributed by atoms with van der Waals surface area (Å²) in [5.41, 5.74) is 3.73. The van der Waals surface area contributed by atoms with Crippen molar-refractivity contribution < 1.29 is 4.79 Å². The molecule has 2 aromatic carbocycles. The molecule has 3 rings (SSSR count). The van der Waals surface area contributed by atoms with Crippen LogP contribution in [-0.2, 0) is 4.79 Å². The van der Waals surface area contributed by atoms with Crippen molar-refractivity contribution >= 4 is 51.9 Å². The van der Waals surface area contributed by atoms with Crippen molar-refractivity contribution in [1.82, 2.24) is 0 Å². The van der Waals surface area contributed by atoms with Gasteiger partial charge >= 0.3 is 0 Å². The number of rotatable bonds is 3. The highest BCUT2D eigenvalue weighted by Gasteiger charge is 2.23. The van der Waals surface area contributed by atoms with Crippen molar-refractivity contribution in [2.45, 2.75) is 19.8 Å². The Morgan fingerprint density at radius 3 is 2.46 bits per heavy atom. The number of halogens is 1. The maximum Gasteiger partial charge on any atom is 0.227 e. The predicted molar refractivity (Wildman–Crippen MR) is 104 cm³/mol. The Kier molecular flexibility index (Phi) is 5.02. The number of aryl methyl sites for hydroxylation is 1. The van der Waals surface area contributed by atoms with E-state index in [1.807, 2.05) is 42.2 Å². The van der Waals surface area contributed by atoms with Gasteiger partial charge in [-0.05, 0) is 67.5 Å². The van der Waals surface area contributed by atoms with Crippen molar-refractivity contribution in [3.8, 4) is 0 Å². The van der Waals surface area contributed by atoms with Crippen LogP contribution in [0.3, 0.4) is 0 Å². The monoisotopic (exact) mass is 359 g/mol.